The number of rotatable bonds is 70. The molecule has 0 aromatic heterocycles. The summed E-state index contributed by atoms with van der Waals surface area (Å²) in [5, 5.41) is 87.6. The lowest BCUT2D eigenvalue weighted by molar-refractivity contribution is -0.359. The Kier molecular flexibility index (Phi) is 62.5. The molecular weight excluding hydrogens is 1210 g/mol. The van der Waals surface area contributed by atoms with Crippen LogP contribution in [0.3, 0.4) is 0 Å². The number of nitrogens with one attached hydrogen (secondary N) is 1. The Morgan fingerprint density at radius 3 is 1.02 bits per heavy atom. The van der Waals surface area contributed by atoms with Gasteiger partial charge in [0, 0.05) is 6.42 Å². The molecule has 14 heteroatoms. The standard InChI is InChI=1S/C82H155NO13/c1-3-5-7-9-11-13-15-17-19-21-23-25-27-29-30-31-32-33-34-35-36-37-38-39-40-42-44-46-48-50-52-54-56-58-60-62-64-66-74(87)83-70(69-93-81-79(92)77(90)80(73(68-85)95-81)96-82-78(91)76(89)75(88)72(67-84)94-82)71(86)65-63-61-59-57-55-53-51-49-47-45-43-41-28-26-24-22-20-18-16-14-12-10-8-6-4-2/h47,49,55,57,63,65,70-73,75-82,84-86,88-92H,3-46,48,50-54,56,58-62,64,66-69H2,1-2H3,(H,83,87)/b49-47+,57-55+,65-63+. The van der Waals surface area contributed by atoms with Crippen molar-refractivity contribution in [3.05, 3.63) is 36.5 Å². The molecule has 2 rings (SSSR count). The van der Waals surface area contributed by atoms with Crippen molar-refractivity contribution >= 4 is 5.91 Å². The first-order chi connectivity index (χ1) is 47.1. The van der Waals surface area contributed by atoms with Gasteiger partial charge in [0.2, 0.25) is 5.91 Å². The maximum Gasteiger partial charge on any atom is 0.220 e. The predicted molar refractivity (Wildman–Crippen MR) is 397 cm³/mol. The molecule has 0 saturated carbocycles. The number of hydrogen-bond donors (Lipinski definition) is 9. The zero-order valence-corrected chi connectivity index (χ0v) is 62.1. The Labute approximate surface area is 589 Å². The number of unbranched alkanes of at least 4 members (excludes halogenated alkanes) is 53. The highest BCUT2D eigenvalue weighted by atomic mass is 16.7. The molecule has 2 fully saturated rings. The quantitative estimate of drug-likeness (QED) is 0.0204. The fourth-order valence-corrected chi connectivity index (χ4v) is 13.8. The molecular formula is C82H155NO13. The molecule has 0 aromatic carbocycles. The van der Waals surface area contributed by atoms with Gasteiger partial charge in [0.25, 0.3) is 0 Å². The second-order valence-electron chi connectivity index (χ2n) is 29.2. The SMILES string of the molecule is CCCCCCCCCCCCCCCCC/C=C/CC/C=C/CC/C=C/C(O)C(COC1OC(CO)C(OC2OC(CO)C(O)C(O)C2O)C(O)C1O)NC(=O)CCCCCCCCCCCCCCCCCCCCCCCCCCCCCCCCCCCCCCC. The Hall–Kier alpha value is -1.79. The average molecular weight is 1360 g/mol. The van der Waals surface area contributed by atoms with Gasteiger partial charge in [-0.05, 0) is 44.9 Å². The maximum absolute atomic E-state index is 13.4. The van der Waals surface area contributed by atoms with Crippen LogP contribution in [0.25, 0.3) is 0 Å². The highest BCUT2D eigenvalue weighted by molar-refractivity contribution is 5.76. The highest BCUT2D eigenvalue weighted by Crippen LogP contribution is 2.30. The van der Waals surface area contributed by atoms with Gasteiger partial charge in [-0.1, -0.05) is 371 Å². The largest absolute Gasteiger partial charge is 0.394 e. The van der Waals surface area contributed by atoms with E-state index >= 15 is 0 Å². The lowest BCUT2D eigenvalue weighted by Gasteiger charge is -2.46. The minimum absolute atomic E-state index is 0.245. The fourth-order valence-electron chi connectivity index (χ4n) is 13.8. The van der Waals surface area contributed by atoms with Crippen LogP contribution < -0.4 is 5.32 Å². The third kappa shape index (κ3) is 48.9. The number of carbonyl (C=O) groups is 1. The number of aliphatic hydroxyl groups is 8. The van der Waals surface area contributed by atoms with E-state index in [1.807, 2.05) is 6.08 Å². The molecule has 0 radical (unpaired) electrons. The van der Waals surface area contributed by atoms with E-state index in [9.17, 15) is 45.6 Å². The molecule has 2 saturated heterocycles. The van der Waals surface area contributed by atoms with Crippen molar-refractivity contribution in [2.45, 2.75) is 460 Å². The van der Waals surface area contributed by atoms with E-state index < -0.39 is 86.8 Å². The highest BCUT2D eigenvalue weighted by Gasteiger charge is 2.51. The monoisotopic (exact) mass is 1360 g/mol. The van der Waals surface area contributed by atoms with Crippen LogP contribution in [0.15, 0.2) is 36.5 Å². The molecule has 1 amide bonds. The van der Waals surface area contributed by atoms with Gasteiger partial charge in [-0.2, -0.15) is 0 Å². The van der Waals surface area contributed by atoms with Crippen LogP contribution in [0, 0.1) is 0 Å². The summed E-state index contributed by atoms with van der Waals surface area (Å²) in [5.74, 6) is -0.245. The normalized spacial score (nSPS) is 22.4. The molecule has 0 spiro atoms. The molecule has 566 valence electrons. The van der Waals surface area contributed by atoms with Gasteiger partial charge >= 0.3 is 0 Å². The number of hydrogen-bond acceptors (Lipinski definition) is 13. The molecule has 2 heterocycles. The molecule has 12 unspecified atom stereocenters. The van der Waals surface area contributed by atoms with E-state index in [1.165, 1.54) is 308 Å². The summed E-state index contributed by atoms with van der Waals surface area (Å²) in [4.78, 5) is 13.4. The molecule has 0 aromatic rings. The van der Waals surface area contributed by atoms with Crippen molar-refractivity contribution in [1.29, 1.82) is 0 Å². The van der Waals surface area contributed by atoms with Crippen LogP contribution in [-0.2, 0) is 23.7 Å². The molecule has 12 atom stereocenters. The van der Waals surface area contributed by atoms with E-state index in [4.69, 9.17) is 18.9 Å². The van der Waals surface area contributed by atoms with Crippen LogP contribution in [0.1, 0.15) is 386 Å². The maximum atomic E-state index is 13.4. The second-order valence-corrected chi connectivity index (χ2v) is 29.2. The smallest absolute Gasteiger partial charge is 0.220 e. The molecule has 9 N–H and O–H groups in total. The first kappa shape index (κ1) is 90.3. The zero-order chi connectivity index (χ0) is 69.4. The van der Waals surface area contributed by atoms with Gasteiger partial charge in [-0.25, -0.2) is 0 Å². The summed E-state index contributed by atoms with van der Waals surface area (Å²) in [6.45, 7) is 2.84. The van der Waals surface area contributed by atoms with Crippen LogP contribution in [0.5, 0.6) is 0 Å². The Bertz CT molecular complexity index is 1750. The Morgan fingerprint density at radius 1 is 0.365 bits per heavy atom. The van der Waals surface area contributed by atoms with Crippen molar-refractivity contribution < 1.29 is 64.6 Å². The van der Waals surface area contributed by atoms with Crippen LogP contribution in [0.2, 0.25) is 0 Å². The number of aliphatic hydroxyl groups excluding tert-OH is 8. The predicted octanol–water partition coefficient (Wildman–Crippen LogP) is 18.8. The molecule has 0 bridgehead atoms. The summed E-state index contributed by atoms with van der Waals surface area (Å²) in [6, 6.07) is -0.938. The summed E-state index contributed by atoms with van der Waals surface area (Å²) < 4.78 is 22.9. The third-order valence-corrected chi connectivity index (χ3v) is 20.3. The number of amides is 1. The summed E-state index contributed by atoms with van der Waals surface area (Å²) >= 11 is 0. The van der Waals surface area contributed by atoms with Crippen LogP contribution in [-0.4, -0.2) is 140 Å². The van der Waals surface area contributed by atoms with E-state index in [1.54, 1.807) is 6.08 Å². The van der Waals surface area contributed by atoms with Crippen molar-refractivity contribution in [2.75, 3.05) is 19.8 Å². The first-order valence-electron chi connectivity index (χ1n) is 41.2. The lowest BCUT2D eigenvalue weighted by atomic mass is 9.97. The van der Waals surface area contributed by atoms with Gasteiger partial charge in [0.05, 0.1) is 32.0 Å². The second kappa shape index (κ2) is 66.4. The van der Waals surface area contributed by atoms with Crippen molar-refractivity contribution in [3.8, 4) is 0 Å². The molecule has 2 aliphatic rings. The number of allylic oxidation sites excluding steroid dienone is 5. The van der Waals surface area contributed by atoms with E-state index in [2.05, 4.69) is 43.5 Å². The third-order valence-electron chi connectivity index (χ3n) is 20.3. The first-order valence-corrected chi connectivity index (χ1v) is 41.2. The van der Waals surface area contributed by atoms with Crippen LogP contribution >= 0.6 is 0 Å². The average Bonchev–Trinajstić information content (AvgIpc) is 0.798. The minimum Gasteiger partial charge on any atom is -0.394 e. The van der Waals surface area contributed by atoms with E-state index in [0.717, 1.165) is 44.9 Å². The van der Waals surface area contributed by atoms with Gasteiger partial charge in [-0.3, -0.25) is 4.79 Å². The molecule has 0 aliphatic carbocycles. The van der Waals surface area contributed by atoms with Gasteiger partial charge in [0.15, 0.2) is 12.6 Å². The lowest BCUT2D eigenvalue weighted by Crippen LogP contribution is -2.65. The van der Waals surface area contributed by atoms with E-state index in [0.29, 0.717) is 12.8 Å². The fraction of sp³-hybridized carbons (Fsp3) is 0.915. The summed E-state index contributed by atoms with van der Waals surface area (Å²) in [5.41, 5.74) is 0. The summed E-state index contributed by atoms with van der Waals surface area (Å²) in [6.07, 6.45) is 71.1. The summed E-state index contributed by atoms with van der Waals surface area (Å²) in [7, 11) is 0. The zero-order valence-electron chi connectivity index (χ0n) is 62.1. The molecule has 14 nitrogen and oxygen atoms in total. The van der Waals surface area contributed by atoms with Crippen LogP contribution in [0.4, 0.5) is 0 Å². The van der Waals surface area contributed by atoms with Crippen molar-refractivity contribution in [2.24, 2.45) is 0 Å². The molecule has 2 aliphatic heterocycles. The van der Waals surface area contributed by atoms with Crippen molar-refractivity contribution in [1.82, 2.24) is 5.32 Å². The van der Waals surface area contributed by atoms with Crippen molar-refractivity contribution in [3.63, 3.8) is 0 Å². The minimum atomic E-state index is -1.79. The Morgan fingerprint density at radius 2 is 0.667 bits per heavy atom. The molecule has 96 heavy (non-hydrogen) atoms. The number of carbonyl (C=O) groups excluding carboxylic acids is 1. The van der Waals surface area contributed by atoms with E-state index in [-0.39, 0.29) is 18.9 Å². The Balaban J connectivity index is 1.60. The topological polar surface area (TPSA) is 228 Å². The van der Waals surface area contributed by atoms with Gasteiger partial charge in [0.1, 0.15) is 48.8 Å². The van der Waals surface area contributed by atoms with Gasteiger partial charge < -0.3 is 65.1 Å². The number of ether oxygens (including phenoxy) is 4. The van der Waals surface area contributed by atoms with Gasteiger partial charge in [-0.15, -0.1) is 0 Å².